The lowest BCUT2D eigenvalue weighted by Crippen LogP contribution is -2.32. The summed E-state index contributed by atoms with van der Waals surface area (Å²) in [4.78, 5) is 13.3. The van der Waals surface area contributed by atoms with Crippen LogP contribution in [0.3, 0.4) is 0 Å². The summed E-state index contributed by atoms with van der Waals surface area (Å²) in [5.41, 5.74) is -1.16. The van der Waals surface area contributed by atoms with E-state index in [1.807, 2.05) is 4.90 Å². The molecule has 2 aromatic carbocycles. The van der Waals surface area contributed by atoms with Crippen molar-refractivity contribution in [2.75, 3.05) is 29.4 Å². The van der Waals surface area contributed by atoms with Crippen LogP contribution in [0, 0.1) is 0 Å². The Hall–Kier alpha value is -2.79. The minimum absolute atomic E-state index is 0.0365. The number of carboxylic acids is 1. The molecule has 2 N–H and O–H groups in total. The van der Waals surface area contributed by atoms with E-state index < -0.39 is 29.0 Å². The number of benzene rings is 2. The molecule has 0 amide bonds. The van der Waals surface area contributed by atoms with E-state index in [4.69, 9.17) is 4.74 Å². The molecule has 7 nitrogen and oxygen atoms in total. The van der Waals surface area contributed by atoms with E-state index >= 15 is 0 Å². The van der Waals surface area contributed by atoms with E-state index in [1.165, 1.54) is 25.3 Å². The summed E-state index contributed by atoms with van der Waals surface area (Å²) >= 11 is -2.82. The lowest BCUT2D eigenvalue weighted by molar-refractivity contribution is -0.137. The monoisotopic (exact) mass is 458 g/mol. The minimum Gasteiger partial charge on any atom is -0.495 e. The van der Waals surface area contributed by atoms with E-state index in [9.17, 15) is 31.8 Å². The molecular weight excluding hydrogens is 437 g/mol. The van der Waals surface area contributed by atoms with Gasteiger partial charge < -0.3 is 14.7 Å². The summed E-state index contributed by atoms with van der Waals surface area (Å²) in [6, 6.07) is 6.61. The number of carbonyl (C=O) groups is 1. The number of alkyl halides is 3. The van der Waals surface area contributed by atoms with Crippen molar-refractivity contribution < 1.29 is 36.6 Å². The Balaban J connectivity index is 2.26. The van der Waals surface area contributed by atoms with Crippen LogP contribution >= 0.6 is 0 Å². The predicted octanol–water partition coefficient (Wildman–Crippen LogP) is 4.68. The number of anilines is 3. The molecule has 31 heavy (non-hydrogen) atoms. The maximum Gasteiger partial charge on any atom is 0.416 e. The second-order valence-corrected chi connectivity index (χ2v) is 7.79. The van der Waals surface area contributed by atoms with Crippen LogP contribution in [-0.2, 0) is 17.4 Å². The molecule has 1 saturated heterocycles. The maximum atomic E-state index is 13.5. The van der Waals surface area contributed by atoms with Gasteiger partial charge in [0.25, 0.3) is 11.3 Å². The lowest BCUT2D eigenvalue weighted by atomic mass is 10.1. The molecule has 1 atom stereocenters. The highest BCUT2D eigenvalue weighted by Gasteiger charge is 2.34. The van der Waals surface area contributed by atoms with Crippen LogP contribution in [0.5, 0.6) is 5.75 Å². The van der Waals surface area contributed by atoms with Gasteiger partial charge in [-0.25, -0.2) is 13.3 Å². The first-order valence-corrected chi connectivity index (χ1v) is 10.5. The fourth-order valence-electron chi connectivity index (χ4n) is 3.54. The second-order valence-electron chi connectivity index (χ2n) is 6.97. The third-order valence-electron chi connectivity index (χ3n) is 5.02. The van der Waals surface area contributed by atoms with Crippen molar-refractivity contribution in [2.45, 2.75) is 25.4 Å². The normalized spacial score (nSPS) is 15.5. The topological polar surface area (TPSA) is 90.3 Å². The molecule has 1 unspecified atom stereocenters. The number of methoxy groups -OCH3 is 1. The molecular formula is C20H21F3N2O5S. The summed E-state index contributed by atoms with van der Waals surface area (Å²) in [6.07, 6.45) is -2.03. The zero-order valence-corrected chi connectivity index (χ0v) is 17.4. The van der Waals surface area contributed by atoms with Gasteiger partial charge in [0.15, 0.2) is 0 Å². The van der Waals surface area contributed by atoms with Crippen molar-refractivity contribution in [1.82, 2.24) is 0 Å². The highest BCUT2D eigenvalue weighted by Crippen LogP contribution is 2.43. The van der Waals surface area contributed by atoms with Gasteiger partial charge in [0, 0.05) is 13.1 Å². The van der Waals surface area contributed by atoms with Gasteiger partial charge in [-0.3, -0.25) is 4.55 Å². The van der Waals surface area contributed by atoms with Crippen LogP contribution in [0.25, 0.3) is 0 Å². The average Bonchev–Trinajstić information content (AvgIpc) is 2.73. The Bertz CT molecular complexity index is 993. The number of piperidine rings is 1. The number of carboxylic acid groups (broad SMARTS) is 1. The van der Waals surface area contributed by atoms with E-state index in [0.29, 0.717) is 18.8 Å². The van der Waals surface area contributed by atoms with E-state index in [-0.39, 0.29) is 22.7 Å². The standard InChI is InChI=1S/C20H21F3N2O5S/c1-30-18-8-5-13(19(26)27)11-17(18)25(31(28)29)16-12-14(20(21,22)23)6-7-15(16)24-9-3-2-4-10-24/h5-8,11-12H,2-4,9-10H2,1H3,(H,26,27)(H,28,29). The molecule has 1 aliphatic heterocycles. The summed E-state index contributed by atoms with van der Waals surface area (Å²) in [6.45, 7) is 1.16. The minimum atomic E-state index is -4.68. The van der Waals surface area contributed by atoms with Gasteiger partial charge >= 0.3 is 12.1 Å². The number of rotatable bonds is 6. The van der Waals surface area contributed by atoms with Crippen LogP contribution in [0.2, 0.25) is 0 Å². The van der Waals surface area contributed by atoms with Crippen molar-refractivity contribution in [2.24, 2.45) is 0 Å². The Kier molecular flexibility index (Phi) is 6.75. The summed E-state index contributed by atoms with van der Waals surface area (Å²) in [7, 11) is 1.27. The molecule has 0 saturated carbocycles. The quantitative estimate of drug-likeness (QED) is 0.611. The fourth-order valence-corrected chi connectivity index (χ4v) is 4.17. The third kappa shape index (κ3) is 4.93. The number of hydrogen-bond donors (Lipinski definition) is 2. The number of halogens is 3. The fraction of sp³-hybridized carbons (Fsp3) is 0.350. The summed E-state index contributed by atoms with van der Waals surface area (Å²) < 4.78 is 68.8. The molecule has 1 fully saturated rings. The van der Waals surface area contributed by atoms with Gasteiger partial charge in [-0.1, -0.05) is 0 Å². The van der Waals surface area contributed by atoms with Crippen LogP contribution < -0.4 is 13.9 Å². The molecule has 3 rings (SSSR count). The first-order valence-electron chi connectivity index (χ1n) is 9.42. The van der Waals surface area contributed by atoms with E-state index in [1.54, 1.807) is 0 Å². The highest BCUT2D eigenvalue weighted by molar-refractivity contribution is 7.81. The largest absolute Gasteiger partial charge is 0.495 e. The Morgan fingerprint density at radius 3 is 2.32 bits per heavy atom. The van der Waals surface area contributed by atoms with E-state index in [0.717, 1.165) is 41.8 Å². The molecule has 0 bridgehead atoms. The van der Waals surface area contributed by atoms with Gasteiger partial charge in [0.2, 0.25) is 0 Å². The maximum absolute atomic E-state index is 13.5. The van der Waals surface area contributed by atoms with Crippen LogP contribution in [0.4, 0.5) is 30.2 Å². The molecule has 0 spiro atoms. The molecule has 168 valence electrons. The number of hydrogen-bond acceptors (Lipinski definition) is 4. The first-order chi connectivity index (χ1) is 14.6. The van der Waals surface area contributed by atoms with Gasteiger partial charge in [0.05, 0.1) is 35.3 Å². The molecule has 1 heterocycles. The molecule has 0 aromatic heterocycles. The molecule has 1 aliphatic rings. The van der Waals surface area contributed by atoms with Gasteiger partial charge in [0.1, 0.15) is 5.75 Å². The van der Waals surface area contributed by atoms with E-state index in [2.05, 4.69) is 0 Å². The van der Waals surface area contributed by atoms with Crippen LogP contribution in [-0.4, -0.2) is 40.0 Å². The highest BCUT2D eigenvalue weighted by atomic mass is 32.2. The van der Waals surface area contributed by atoms with Gasteiger partial charge in [-0.15, -0.1) is 0 Å². The zero-order valence-electron chi connectivity index (χ0n) is 16.6. The average molecular weight is 458 g/mol. The van der Waals surface area contributed by atoms with Crippen molar-refractivity contribution >= 4 is 34.3 Å². The van der Waals surface area contributed by atoms with Crippen molar-refractivity contribution in [3.05, 3.63) is 47.5 Å². The first kappa shape index (κ1) is 22.9. The number of ether oxygens (including phenoxy) is 1. The molecule has 2 aromatic rings. The Morgan fingerprint density at radius 2 is 1.77 bits per heavy atom. The predicted molar refractivity (Wildman–Crippen MR) is 110 cm³/mol. The summed E-state index contributed by atoms with van der Waals surface area (Å²) in [5.74, 6) is -1.26. The van der Waals surface area contributed by atoms with Crippen molar-refractivity contribution in [3.63, 3.8) is 0 Å². The van der Waals surface area contributed by atoms with Crippen LogP contribution in [0.1, 0.15) is 35.2 Å². The summed E-state index contributed by atoms with van der Waals surface area (Å²) in [5, 5.41) is 9.32. The third-order valence-corrected chi connectivity index (χ3v) is 5.72. The van der Waals surface area contributed by atoms with Gasteiger partial charge in [-0.05, 0) is 55.7 Å². The van der Waals surface area contributed by atoms with Crippen LogP contribution in [0.15, 0.2) is 36.4 Å². The number of nitrogens with zero attached hydrogens (tertiary/aromatic N) is 2. The van der Waals surface area contributed by atoms with Gasteiger partial charge in [-0.2, -0.15) is 13.2 Å². The molecule has 0 aliphatic carbocycles. The molecule has 11 heteroatoms. The molecule has 0 radical (unpaired) electrons. The zero-order chi connectivity index (χ0) is 22.8. The smallest absolute Gasteiger partial charge is 0.416 e. The Morgan fingerprint density at radius 1 is 1.10 bits per heavy atom. The van der Waals surface area contributed by atoms with Crippen molar-refractivity contribution in [3.8, 4) is 5.75 Å². The lowest BCUT2D eigenvalue weighted by Gasteiger charge is -2.33. The number of aromatic carboxylic acids is 1. The Labute approximate surface area is 179 Å². The van der Waals surface area contributed by atoms with Crippen molar-refractivity contribution in [1.29, 1.82) is 0 Å². The second kappa shape index (κ2) is 9.15. The SMILES string of the molecule is COc1ccc(C(=O)O)cc1N(c1cc(C(F)(F)F)ccc1N1CCCCC1)S(=O)O.